The fourth-order valence-corrected chi connectivity index (χ4v) is 2.11. The number of quaternary nitrogens is 1. The summed E-state index contributed by atoms with van der Waals surface area (Å²) in [4.78, 5) is 10.2. The molecule has 1 saturated heterocycles. The van der Waals surface area contributed by atoms with Crippen LogP contribution in [0.15, 0.2) is 24.3 Å². The summed E-state index contributed by atoms with van der Waals surface area (Å²) in [7, 11) is 2.20. The Balaban J connectivity index is 2.05. The lowest BCUT2D eigenvalue weighted by Crippen LogP contribution is -2.51. The predicted octanol–water partition coefficient (Wildman–Crippen LogP) is 1.57. The summed E-state index contributed by atoms with van der Waals surface area (Å²) in [6, 6.07) is 6.83. The van der Waals surface area contributed by atoms with Crippen LogP contribution in [0.25, 0.3) is 0 Å². The van der Waals surface area contributed by atoms with Crippen molar-refractivity contribution >= 4 is 5.69 Å². The number of benzene rings is 1. The fourth-order valence-electron chi connectivity index (χ4n) is 2.11. The van der Waals surface area contributed by atoms with Crippen LogP contribution >= 0.6 is 0 Å². The molecule has 0 aliphatic carbocycles. The summed E-state index contributed by atoms with van der Waals surface area (Å²) >= 11 is 0. The van der Waals surface area contributed by atoms with E-state index in [0.717, 1.165) is 42.9 Å². The van der Waals surface area contributed by atoms with E-state index in [-0.39, 0.29) is 10.6 Å². The number of nitrogens with zero attached hydrogens (tertiary/aromatic N) is 2. The highest BCUT2D eigenvalue weighted by Crippen LogP contribution is 2.17. The molecule has 92 valence electrons. The summed E-state index contributed by atoms with van der Waals surface area (Å²) in [5, 5.41) is 10.6. The second-order valence-electron chi connectivity index (χ2n) is 4.76. The maximum absolute atomic E-state index is 10.6. The summed E-state index contributed by atoms with van der Waals surface area (Å²) in [6.07, 6.45) is 0. The van der Waals surface area contributed by atoms with Crippen molar-refractivity contribution in [3.05, 3.63) is 39.9 Å². The van der Waals surface area contributed by atoms with E-state index in [4.69, 9.17) is 4.74 Å². The van der Waals surface area contributed by atoms with Crippen molar-refractivity contribution in [1.82, 2.24) is 0 Å². The van der Waals surface area contributed by atoms with Crippen molar-refractivity contribution in [3.63, 3.8) is 0 Å². The highest BCUT2D eigenvalue weighted by Gasteiger charge is 2.25. The number of morpholine rings is 1. The van der Waals surface area contributed by atoms with Crippen molar-refractivity contribution in [2.75, 3.05) is 33.4 Å². The van der Waals surface area contributed by atoms with Gasteiger partial charge in [0.15, 0.2) is 0 Å². The molecule has 0 atom stereocenters. The molecule has 0 N–H and O–H groups in total. The third-order valence-corrected chi connectivity index (χ3v) is 3.26. The molecule has 0 spiro atoms. The van der Waals surface area contributed by atoms with E-state index >= 15 is 0 Å². The lowest BCUT2D eigenvalue weighted by molar-refractivity contribution is -0.929. The number of hydrogen-bond donors (Lipinski definition) is 0. The number of nitro benzene ring substituents is 1. The highest BCUT2D eigenvalue weighted by atomic mass is 16.6. The van der Waals surface area contributed by atoms with Crippen molar-refractivity contribution in [2.45, 2.75) is 6.54 Å². The van der Waals surface area contributed by atoms with Crippen LogP contribution < -0.4 is 0 Å². The van der Waals surface area contributed by atoms with Crippen molar-refractivity contribution in [3.8, 4) is 0 Å². The molecule has 0 aromatic heterocycles. The second-order valence-corrected chi connectivity index (χ2v) is 4.76. The standard InChI is InChI=1S/C12H17N2O3/c1-14(6-8-17-9-7-14)10-11-2-4-12(5-3-11)13(15)16/h2-5H,6-10H2,1H3/q+1. The largest absolute Gasteiger partial charge is 0.370 e. The van der Waals surface area contributed by atoms with Gasteiger partial charge in [0.25, 0.3) is 5.69 Å². The SMILES string of the molecule is C[N+]1(Cc2ccc([N+](=O)[O-])cc2)CCOCC1. The zero-order valence-electron chi connectivity index (χ0n) is 9.96. The van der Waals surface area contributed by atoms with E-state index in [1.54, 1.807) is 12.1 Å². The summed E-state index contributed by atoms with van der Waals surface area (Å²) in [6.45, 7) is 4.49. The Bertz CT molecular complexity index is 397. The van der Waals surface area contributed by atoms with Gasteiger partial charge in [0.1, 0.15) is 19.6 Å². The van der Waals surface area contributed by atoms with Crippen LogP contribution in [-0.4, -0.2) is 42.8 Å². The zero-order valence-corrected chi connectivity index (χ0v) is 9.96. The first-order valence-corrected chi connectivity index (χ1v) is 5.74. The molecule has 0 bridgehead atoms. The molecular formula is C12H17N2O3+. The van der Waals surface area contributed by atoms with E-state index in [2.05, 4.69) is 7.05 Å². The molecule has 0 amide bonds. The normalized spacial score (nSPS) is 18.9. The van der Waals surface area contributed by atoms with Gasteiger partial charge < -0.3 is 9.22 Å². The van der Waals surface area contributed by atoms with Gasteiger partial charge in [-0.3, -0.25) is 10.1 Å². The van der Waals surface area contributed by atoms with E-state index in [1.807, 2.05) is 12.1 Å². The zero-order chi connectivity index (χ0) is 12.3. The van der Waals surface area contributed by atoms with Crippen LogP contribution in [0.5, 0.6) is 0 Å². The van der Waals surface area contributed by atoms with Gasteiger partial charge in [0, 0.05) is 17.7 Å². The van der Waals surface area contributed by atoms with Crippen LogP contribution in [0.2, 0.25) is 0 Å². The summed E-state index contributed by atoms with van der Waals surface area (Å²) < 4.78 is 6.29. The molecule has 1 aromatic rings. The van der Waals surface area contributed by atoms with Crippen molar-refractivity contribution < 1.29 is 14.1 Å². The maximum Gasteiger partial charge on any atom is 0.269 e. The van der Waals surface area contributed by atoms with Gasteiger partial charge in [-0.2, -0.15) is 0 Å². The number of hydrogen-bond acceptors (Lipinski definition) is 3. The monoisotopic (exact) mass is 237 g/mol. The molecule has 2 rings (SSSR count). The van der Waals surface area contributed by atoms with E-state index in [0.29, 0.717) is 0 Å². The molecule has 5 nitrogen and oxygen atoms in total. The average molecular weight is 237 g/mol. The molecule has 0 unspecified atom stereocenters. The van der Waals surface area contributed by atoms with Gasteiger partial charge in [-0.15, -0.1) is 0 Å². The summed E-state index contributed by atoms with van der Waals surface area (Å²) in [5.74, 6) is 0. The molecule has 1 aliphatic rings. The first-order valence-electron chi connectivity index (χ1n) is 5.74. The lowest BCUT2D eigenvalue weighted by atomic mass is 10.1. The number of non-ortho nitro benzene ring substituents is 1. The number of ether oxygens (including phenoxy) is 1. The summed E-state index contributed by atoms with van der Waals surface area (Å²) in [5.41, 5.74) is 1.29. The van der Waals surface area contributed by atoms with Crippen LogP contribution in [0.3, 0.4) is 0 Å². The number of rotatable bonds is 3. The molecule has 1 aliphatic heterocycles. The van der Waals surface area contributed by atoms with E-state index in [9.17, 15) is 10.1 Å². The Morgan fingerprint density at radius 2 is 1.88 bits per heavy atom. The van der Waals surface area contributed by atoms with Crippen LogP contribution in [0, 0.1) is 10.1 Å². The predicted molar refractivity (Wildman–Crippen MR) is 63.5 cm³/mol. The van der Waals surface area contributed by atoms with Gasteiger partial charge in [0.05, 0.1) is 25.2 Å². The average Bonchev–Trinajstić information content (AvgIpc) is 2.30. The van der Waals surface area contributed by atoms with Gasteiger partial charge in [-0.05, 0) is 12.1 Å². The van der Waals surface area contributed by atoms with Crippen LogP contribution in [-0.2, 0) is 11.3 Å². The quantitative estimate of drug-likeness (QED) is 0.455. The topological polar surface area (TPSA) is 52.4 Å². The Kier molecular flexibility index (Phi) is 3.40. The van der Waals surface area contributed by atoms with Crippen LogP contribution in [0.1, 0.15) is 5.56 Å². The lowest BCUT2D eigenvalue weighted by Gasteiger charge is -2.37. The molecule has 1 aromatic carbocycles. The smallest absolute Gasteiger partial charge is 0.269 e. The highest BCUT2D eigenvalue weighted by molar-refractivity contribution is 5.32. The Hall–Kier alpha value is -1.46. The third kappa shape index (κ3) is 3.01. The molecule has 5 heteroatoms. The molecule has 17 heavy (non-hydrogen) atoms. The Morgan fingerprint density at radius 1 is 1.29 bits per heavy atom. The molecule has 0 saturated carbocycles. The number of likely N-dealkylation sites (N-methyl/N-ethyl adjacent to an activating group) is 1. The first kappa shape index (κ1) is 12.0. The van der Waals surface area contributed by atoms with Gasteiger partial charge in [0.2, 0.25) is 0 Å². The third-order valence-electron chi connectivity index (χ3n) is 3.26. The maximum atomic E-state index is 10.6. The van der Waals surface area contributed by atoms with Crippen molar-refractivity contribution in [2.24, 2.45) is 0 Å². The van der Waals surface area contributed by atoms with Gasteiger partial charge in [-0.1, -0.05) is 0 Å². The molecule has 1 heterocycles. The van der Waals surface area contributed by atoms with Crippen molar-refractivity contribution in [1.29, 1.82) is 0 Å². The van der Waals surface area contributed by atoms with E-state index in [1.165, 1.54) is 0 Å². The van der Waals surface area contributed by atoms with Gasteiger partial charge >= 0.3 is 0 Å². The second kappa shape index (κ2) is 4.81. The van der Waals surface area contributed by atoms with Crippen LogP contribution in [0.4, 0.5) is 5.69 Å². The minimum atomic E-state index is -0.366. The Morgan fingerprint density at radius 3 is 2.41 bits per heavy atom. The fraction of sp³-hybridized carbons (Fsp3) is 0.500. The molecular weight excluding hydrogens is 220 g/mol. The van der Waals surface area contributed by atoms with Gasteiger partial charge in [-0.25, -0.2) is 0 Å². The first-order chi connectivity index (χ1) is 8.09. The number of nitro groups is 1. The molecule has 0 radical (unpaired) electrons. The Labute approximate surface area is 100 Å². The minimum Gasteiger partial charge on any atom is -0.370 e. The minimum absolute atomic E-state index is 0.151. The molecule has 1 fully saturated rings. The van der Waals surface area contributed by atoms with E-state index < -0.39 is 0 Å².